The van der Waals surface area contributed by atoms with E-state index in [9.17, 15) is 14.7 Å². The Balaban J connectivity index is 2.80. The Kier molecular flexibility index (Phi) is 2.76. The minimum Gasteiger partial charge on any atom is -0.542 e. The maximum Gasteiger partial charge on any atom is 0.328 e. The van der Waals surface area contributed by atoms with Gasteiger partial charge in [-0.25, -0.2) is 9.78 Å². The third-order valence-electron chi connectivity index (χ3n) is 1.09. The molecule has 1 heterocycles. The highest BCUT2D eigenvalue weighted by atomic mass is 32.1. The van der Waals surface area contributed by atoms with Gasteiger partial charge in [-0.05, 0) is 6.08 Å². The number of hydrogen-bond donors (Lipinski definition) is 1. The van der Waals surface area contributed by atoms with E-state index in [0.717, 1.165) is 17.4 Å². The van der Waals surface area contributed by atoms with Crippen molar-refractivity contribution in [2.75, 3.05) is 0 Å². The Labute approximate surface area is 77.0 Å². The number of carboxylic acids is 2. The smallest absolute Gasteiger partial charge is 0.328 e. The number of aromatic nitrogens is 1. The highest BCUT2D eigenvalue weighted by Gasteiger charge is 1.99. The Morgan fingerprint density at radius 1 is 1.62 bits per heavy atom. The van der Waals surface area contributed by atoms with Gasteiger partial charge in [-0.2, -0.15) is 0 Å². The molecule has 1 aromatic rings. The Hall–Kier alpha value is -1.69. The summed E-state index contributed by atoms with van der Waals surface area (Å²) in [7, 11) is 0. The summed E-state index contributed by atoms with van der Waals surface area (Å²) in [4.78, 5) is 23.9. The molecule has 0 saturated carbocycles. The van der Waals surface area contributed by atoms with E-state index in [0.29, 0.717) is 5.69 Å². The predicted molar refractivity (Wildman–Crippen MR) is 43.1 cm³/mol. The SMILES string of the molecule is O=C(O)C=Cc1csc(C(=O)[O-])n1. The summed E-state index contributed by atoms with van der Waals surface area (Å²) in [6, 6.07) is 0. The van der Waals surface area contributed by atoms with Crippen LogP contribution in [0.1, 0.15) is 15.5 Å². The zero-order valence-corrected chi connectivity index (χ0v) is 7.08. The van der Waals surface area contributed by atoms with Gasteiger partial charge in [0, 0.05) is 11.5 Å². The van der Waals surface area contributed by atoms with Crippen LogP contribution in [0.4, 0.5) is 0 Å². The highest BCUT2D eigenvalue weighted by Crippen LogP contribution is 2.09. The molecule has 0 atom stereocenters. The van der Waals surface area contributed by atoms with Crippen LogP contribution in [0.15, 0.2) is 11.5 Å². The van der Waals surface area contributed by atoms with Crippen LogP contribution in [0.2, 0.25) is 0 Å². The van der Waals surface area contributed by atoms with Crippen molar-refractivity contribution in [1.29, 1.82) is 0 Å². The van der Waals surface area contributed by atoms with E-state index < -0.39 is 11.9 Å². The molecular formula is C7H4NO4S-. The second kappa shape index (κ2) is 3.81. The summed E-state index contributed by atoms with van der Waals surface area (Å²) in [5.41, 5.74) is 0.298. The van der Waals surface area contributed by atoms with Gasteiger partial charge in [0.05, 0.1) is 5.69 Å². The predicted octanol–water partition coefficient (Wildman–Crippen LogP) is -0.396. The van der Waals surface area contributed by atoms with Gasteiger partial charge in [-0.1, -0.05) is 0 Å². The molecular weight excluding hydrogens is 194 g/mol. The third-order valence-corrected chi connectivity index (χ3v) is 1.93. The van der Waals surface area contributed by atoms with E-state index in [-0.39, 0.29) is 5.01 Å². The van der Waals surface area contributed by atoms with Gasteiger partial charge in [0.1, 0.15) is 11.0 Å². The van der Waals surface area contributed by atoms with Crippen LogP contribution in [0.25, 0.3) is 6.08 Å². The number of carbonyl (C=O) groups excluding carboxylic acids is 1. The standard InChI is InChI=1S/C7H5NO4S/c9-5(10)2-1-4-3-13-6(8-4)7(11)12/h1-3H,(H,9,10)(H,11,12)/p-1. The topological polar surface area (TPSA) is 90.3 Å². The van der Waals surface area contributed by atoms with E-state index in [2.05, 4.69) is 4.98 Å². The summed E-state index contributed by atoms with van der Waals surface area (Å²) in [6.07, 6.45) is 2.10. The number of aromatic carboxylic acids is 1. The zero-order chi connectivity index (χ0) is 9.84. The molecule has 0 aliphatic carbocycles. The maximum absolute atomic E-state index is 10.2. The normalized spacial score (nSPS) is 10.5. The van der Waals surface area contributed by atoms with Crippen LogP contribution in [0.3, 0.4) is 0 Å². The molecule has 68 valence electrons. The van der Waals surface area contributed by atoms with Crippen LogP contribution < -0.4 is 5.11 Å². The number of hydrogen-bond acceptors (Lipinski definition) is 5. The van der Waals surface area contributed by atoms with Gasteiger partial charge >= 0.3 is 5.97 Å². The Bertz CT molecular complexity index is 368. The molecule has 0 bridgehead atoms. The van der Waals surface area contributed by atoms with Gasteiger partial charge in [0.15, 0.2) is 0 Å². The molecule has 0 amide bonds. The molecule has 0 radical (unpaired) electrons. The van der Waals surface area contributed by atoms with Crippen molar-refractivity contribution in [3.05, 3.63) is 22.2 Å². The van der Waals surface area contributed by atoms with Crippen LogP contribution in [0.5, 0.6) is 0 Å². The molecule has 6 heteroatoms. The van der Waals surface area contributed by atoms with Crippen molar-refractivity contribution in [2.45, 2.75) is 0 Å². The monoisotopic (exact) mass is 198 g/mol. The average Bonchev–Trinajstić information content (AvgIpc) is 2.48. The van der Waals surface area contributed by atoms with Gasteiger partial charge in [0.2, 0.25) is 0 Å². The molecule has 1 rings (SSSR count). The van der Waals surface area contributed by atoms with E-state index in [1.54, 1.807) is 0 Å². The number of thiazole rings is 1. The van der Waals surface area contributed by atoms with Crippen molar-refractivity contribution >= 4 is 29.4 Å². The van der Waals surface area contributed by atoms with Crippen molar-refractivity contribution in [1.82, 2.24) is 4.98 Å². The van der Waals surface area contributed by atoms with E-state index >= 15 is 0 Å². The van der Waals surface area contributed by atoms with Crippen molar-refractivity contribution in [3.63, 3.8) is 0 Å². The van der Waals surface area contributed by atoms with Gasteiger partial charge in [-0.15, -0.1) is 11.3 Å². The van der Waals surface area contributed by atoms with E-state index in [1.165, 1.54) is 11.5 Å². The third kappa shape index (κ3) is 2.68. The number of carbonyl (C=O) groups is 2. The first-order valence-electron chi connectivity index (χ1n) is 3.17. The molecule has 5 nitrogen and oxygen atoms in total. The minimum absolute atomic E-state index is 0.162. The molecule has 0 spiro atoms. The Morgan fingerprint density at radius 2 is 2.31 bits per heavy atom. The second-order valence-electron chi connectivity index (χ2n) is 2.04. The molecule has 0 unspecified atom stereocenters. The first kappa shape index (κ1) is 9.40. The molecule has 1 N–H and O–H groups in total. The first-order valence-corrected chi connectivity index (χ1v) is 4.05. The summed E-state index contributed by atoms with van der Waals surface area (Å²) in [6.45, 7) is 0. The van der Waals surface area contributed by atoms with E-state index in [4.69, 9.17) is 5.11 Å². The number of nitrogens with zero attached hydrogens (tertiary/aromatic N) is 1. The van der Waals surface area contributed by atoms with E-state index in [1.807, 2.05) is 0 Å². The maximum atomic E-state index is 10.2. The quantitative estimate of drug-likeness (QED) is 0.667. The summed E-state index contributed by atoms with van der Waals surface area (Å²) in [5.74, 6) is -2.47. The van der Waals surface area contributed by atoms with Crippen LogP contribution in [-0.2, 0) is 4.79 Å². The Morgan fingerprint density at radius 3 is 2.77 bits per heavy atom. The summed E-state index contributed by atoms with van der Waals surface area (Å²) in [5, 5.41) is 19.8. The van der Waals surface area contributed by atoms with Crippen molar-refractivity contribution in [3.8, 4) is 0 Å². The largest absolute Gasteiger partial charge is 0.542 e. The first-order chi connectivity index (χ1) is 6.09. The molecule has 0 aromatic carbocycles. The highest BCUT2D eigenvalue weighted by molar-refractivity contribution is 7.11. The minimum atomic E-state index is -1.36. The van der Waals surface area contributed by atoms with Crippen molar-refractivity contribution < 1.29 is 19.8 Å². The molecule has 1 aromatic heterocycles. The molecule has 13 heavy (non-hydrogen) atoms. The van der Waals surface area contributed by atoms with Crippen LogP contribution >= 0.6 is 11.3 Å². The average molecular weight is 198 g/mol. The van der Waals surface area contributed by atoms with Gasteiger partial charge < -0.3 is 15.0 Å². The lowest BCUT2D eigenvalue weighted by atomic mass is 10.4. The lowest BCUT2D eigenvalue weighted by Gasteiger charge is -1.91. The van der Waals surface area contributed by atoms with Gasteiger partial charge in [0.25, 0.3) is 0 Å². The molecule has 0 fully saturated rings. The molecule has 0 saturated heterocycles. The summed E-state index contributed by atoms with van der Waals surface area (Å²) >= 11 is 0.892. The number of carboxylic acid groups (broad SMARTS) is 2. The fourth-order valence-corrected chi connectivity index (χ4v) is 1.23. The molecule has 0 aliphatic rings. The van der Waals surface area contributed by atoms with Gasteiger partial charge in [-0.3, -0.25) is 0 Å². The number of rotatable bonds is 3. The van der Waals surface area contributed by atoms with Crippen molar-refractivity contribution in [2.24, 2.45) is 0 Å². The molecule has 0 aliphatic heterocycles. The lowest BCUT2D eigenvalue weighted by molar-refractivity contribution is -0.255. The second-order valence-corrected chi connectivity index (χ2v) is 2.89. The fourth-order valence-electron chi connectivity index (χ4n) is 0.613. The van der Waals surface area contributed by atoms with Crippen LogP contribution in [-0.4, -0.2) is 22.0 Å². The number of aliphatic carboxylic acids is 1. The zero-order valence-electron chi connectivity index (χ0n) is 6.26. The fraction of sp³-hybridized carbons (Fsp3) is 0. The lowest BCUT2D eigenvalue weighted by Crippen LogP contribution is -2.21. The summed E-state index contributed by atoms with van der Waals surface area (Å²) < 4.78 is 0. The van der Waals surface area contributed by atoms with Crippen LogP contribution in [0, 0.1) is 0 Å².